The van der Waals surface area contributed by atoms with E-state index < -0.39 is 0 Å². The van der Waals surface area contributed by atoms with Crippen LogP contribution in [0.15, 0.2) is 65.7 Å². The van der Waals surface area contributed by atoms with Crippen molar-refractivity contribution in [2.75, 3.05) is 13.6 Å². The monoisotopic (exact) mass is 534 g/mol. The first-order chi connectivity index (χ1) is 14.7. The highest BCUT2D eigenvalue weighted by Crippen LogP contribution is 2.36. The molecule has 6 heteroatoms. The van der Waals surface area contributed by atoms with Crippen LogP contribution in [0.2, 0.25) is 0 Å². The van der Waals surface area contributed by atoms with E-state index in [0.717, 1.165) is 18.3 Å². The van der Waals surface area contributed by atoms with Crippen LogP contribution in [0, 0.1) is 0 Å². The molecule has 2 saturated heterocycles. The summed E-state index contributed by atoms with van der Waals surface area (Å²) in [5, 5.41) is 7.10. The van der Waals surface area contributed by atoms with E-state index in [1.54, 1.807) is 0 Å². The standard InChI is InChI=1S/C25H34N4O.HI/c1-19(30-24-11-7-4-8-12-24)17-27-25(26-2)28-21-15-22-13-14-23(16-21)29(22)18-20-9-5-3-6-10-20;/h3-12,19,21-23H,13-18H2,1-2H3,(H2,26,27,28);1H. The summed E-state index contributed by atoms with van der Waals surface area (Å²) in [4.78, 5) is 7.17. The summed E-state index contributed by atoms with van der Waals surface area (Å²) in [7, 11) is 1.84. The maximum atomic E-state index is 5.96. The Hall–Kier alpha value is -1.80. The molecule has 2 fully saturated rings. The molecule has 0 aliphatic carbocycles. The highest BCUT2D eigenvalue weighted by Gasteiger charge is 2.40. The molecule has 0 amide bonds. The van der Waals surface area contributed by atoms with Gasteiger partial charge in [-0.15, -0.1) is 24.0 Å². The number of hydrogen-bond acceptors (Lipinski definition) is 3. The molecule has 2 bridgehead atoms. The van der Waals surface area contributed by atoms with Crippen molar-refractivity contribution in [2.24, 2.45) is 4.99 Å². The Bertz CT molecular complexity index is 803. The fourth-order valence-electron chi connectivity index (χ4n) is 4.85. The zero-order valence-electron chi connectivity index (χ0n) is 18.5. The summed E-state index contributed by atoms with van der Waals surface area (Å²) in [6, 6.07) is 22.6. The van der Waals surface area contributed by atoms with Crippen LogP contribution in [-0.4, -0.2) is 48.7 Å². The van der Waals surface area contributed by atoms with E-state index in [-0.39, 0.29) is 30.1 Å². The first-order valence-electron chi connectivity index (χ1n) is 11.2. The van der Waals surface area contributed by atoms with Crippen molar-refractivity contribution in [1.29, 1.82) is 0 Å². The molecular weight excluding hydrogens is 499 g/mol. The normalized spacial score (nSPS) is 24.2. The number of aliphatic imine (C=N–C) groups is 1. The van der Waals surface area contributed by atoms with E-state index in [2.05, 4.69) is 57.8 Å². The molecule has 0 aromatic heterocycles. The maximum Gasteiger partial charge on any atom is 0.191 e. The molecule has 0 radical (unpaired) electrons. The fraction of sp³-hybridized carbons (Fsp3) is 0.480. The van der Waals surface area contributed by atoms with Crippen molar-refractivity contribution in [3.8, 4) is 5.75 Å². The maximum absolute atomic E-state index is 5.96. The third-order valence-corrected chi connectivity index (χ3v) is 6.29. The van der Waals surface area contributed by atoms with Gasteiger partial charge in [-0.05, 0) is 50.3 Å². The zero-order chi connectivity index (χ0) is 20.8. The van der Waals surface area contributed by atoms with Gasteiger partial charge in [-0.3, -0.25) is 9.89 Å². The number of piperidine rings is 1. The van der Waals surface area contributed by atoms with Crippen LogP contribution in [0.4, 0.5) is 0 Å². The van der Waals surface area contributed by atoms with Crippen LogP contribution in [0.3, 0.4) is 0 Å². The minimum atomic E-state index is 0. The van der Waals surface area contributed by atoms with E-state index in [9.17, 15) is 0 Å². The number of guanidine groups is 1. The van der Waals surface area contributed by atoms with Gasteiger partial charge in [0.2, 0.25) is 0 Å². The highest BCUT2D eigenvalue weighted by molar-refractivity contribution is 14.0. The van der Waals surface area contributed by atoms with E-state index in [1.165, 1.54) is 31.2 Å². The lowest BCUT2D eigenvalue weighted by molar-refractivity contribution is 0.114. The second-order valence-electron chi connectivity index (χ2n) is 8.55. The van der Waals surface area contributed by atoms with Crippen LogP contribution < -0.4 is 15.4 Å². The summed E-state index contributed by atoms with van der Waals surface area (Å²) < 4.78 is 5.96. The van der Waals surface area contributed by atoms with Gasteiger partial charge < -0.3 is 15.4 Å². The van der Waals surface area contributed by atoms with Crippen LogP contribution in [0.25, 0.3) is 0 Å². The Morgan fingerprint density at radius 1 is 1.03 bits per heavy atom. The van der Waals surface area contributed by atoms with Gasteiger partial charge in [-0.1, -0.05) is 48.5 Å². The molecule has 2 aromatic rings. The minimum Gasteiger partial charge on any atom is -0.489 e. The second kappa shape index (κ2) is 11.7. The molecule has 2 aromatic carbocycles. The van der Waals surface area contributed by atoms with Crippen molar-refractivity contribution in [3.05, 3.63) is 66.2 Å². The van der Waals surface area contributed by atoms with Gasteiger partial charge in [0.1, 0.15) is 11.9 Å². The summed E-state index contributed by atoms with van der Waals surface area (Å²) >= 11 is 0. The number of fused-ring (bicyclic) bond motifs is 2. The number of ether oxygens (including phenoxy) is 1. The number of rotatable bonds is 7. The molecule has 5 nitrogen and oxygen atoms in total. The molecule has 0 spiro atoms. The van der Waals surface area contributed by atoms with Gasteiger partial charge >= 0.3 is 0 Å². The highest BCUT2D eigenvalue weighted by atomic mass is 127. The average molecular weight is 534 g/mol. The second-order valence-corrected chi connectivity index (χ2v) is 8.55. The Balaban J connectivity index is 0.00000272. The van der Waals surface area contributed by atoms with E-state index >= 15 is 0 Å². The number of nitrogens with zero attached hydrogens (tertiary/aromatic N) is 2. The van der Waals surface area contributed by atoms with Crippen molar-refractivity contribution in [1.82, 2.24) is 15.5 Å². The third kappa shape index (κ3) is 6.59. The van der Waals surface area contributed by atoms with E-state index in [0.29, 0.717) is 24.7 Å². The van der Waals surface area contributed by atoms with Gasteiger partial charge in [-0.25, -0.2) is 0 Å². The van der Waals surface area contributed by atoms with E-state index in [1.807, 2.05) is 37.4 Å². The lowest BCUT2D eigenvalue weighted by atomic mass is 9.96. The smallest absolute Gasteiger partial charge is 0.191 e. The SMILES string of the molecule is CN=C(NCC(C)Oc1ccccc1)NC1CC2CCC(C1)N2Cc1ccccc1.I. The summed E-state index contributed by atoms with van der Waals surface area (Å²) in [6.07, 6.45) is 5.04. The minimum absolute atomic E-state index is 0. The van der Waals surface area contributed by atoms with Gasteiger partial charge in [0, 0.05) is 31.7 Å². The molecule has 2 N–H and O–H groups in total. The third-order valence-electron chi connectivity index (χ3n) is 6.29. The first-order valence-corrected chi connectivity index (χ1v) is 11.2. The molecule has 0 saturated carbocycles. The Labute approximate surface area is 203 Å². The van der Waals surface area contributed by atoms with Crippen LogP contribution in [0.5, 0.6) is 5.75 Å². The Kier molecular flexibility index (Phi) is 9.02. The Morgan fingerprint density at radius 2 is 1.65 bits per heavy atom. The molecule has 2 aliphatic heterocycles. The van der Waals surface area contributed by atoms with Gasteiger partial charge in [0.15, 0.2) is 5.96 Å². The number of para-hydroxylation sites is 1. The van der Waals surface area contributed by atoms with Crippen LogP contribution in [0.1, 0.15) is 38.2 Å². The van der Waals surface area contributed by atoms with E-state index in [4.69, 9.17) is 4.74 Å². The zero-order valence-corrected chi connectivity index (χ0v) is 20.9. The van der Waals surface area contributed by atoms with Crippen LogP contribution in [-0.2, 0) is 6.54 Å². The summed E-state index contributed by atoms with van der Waals surface area (Å²) in [5.41, 5.74) is 1.42. The lowest BCUT2D eigenvalue weighted by Gasteiger charge is -2.39. The number of nitrogens with one attached hydrogen (secondary N) is 2. The van der Waals surface area contributed by atoms with Crippen molar-refractivity contribution >= 4 is 29.9 Å². The largest absolute Gasteiger partial charge is 0.489 e. The van der Waals surface area contributed by atoms with Crippen molar-refractivity contribution in [3.63, 3.8) is 0 Å². The first kappa shape index (κ1) is 23.9. The Morgan fingerprint density at radius 3 is 2.26 bits per heavy atom. The molecular formula is C25H35IN4O. The molecule has 31 heavy (non-hydrogen) atoms. The number of halogens is 1. The van der Waals surface area contributed by atoms with Gasteiger partial charge in [-0.2, -0.15) is 0 Å². The molecule has 3 unspecified atom stereocenters. The number of benzene rings is 2. The topological polar surface area (TPSA) is 48.9 Å². The molecule has 3 atom stereocenters. The summed E-state index contributed by atoms with van der Waals surface area (Å²) in [5.74, 6) is 1.77. The lowest BCUT2D eigenvalue weighted by Crippen LogP contribution is -2.53. The van der Waals surface area contributed by atoms with Crippen molar-refractivity contribution in [2.45, 2.75) is 63.4 Å². The van der Waals surface area contributed by atoms with Crippen LogP contribution >= 0.6 is 24.0 Å². The number of hydrogen-bond donors (Lipinski definition) is 2. The van der Waals surface area contributed by atoms with Gasteiger partial charge in [0.05, 0.1) is 6.54 Å². The average Bonchev–Trinajstić information content (AvgIpc) is 3.00. The molecule has 168 valence electrons. The van der Waals surface area contributed by atoms with Crippen molar-refractivity contribution < 1.29 is 4.74 Å². The molecule has 2 heterocycles. The fourth-order valence-corrected chi connectivity index (χ4v) is 4.85. The predicted molar refractivity (Wildman–Crippen MR) is 138 cm³/mol. The quantitative estimate of drug-likeness (QED) is 0.314. The predicted octanol–water partition coefficient (Wildman–Crippen LogP) is 4.43. The van der Waals surface area contributed by atoms with Gasteiger partial charge in [0.25, 0.3) is 0 Å². The molecule has 4 rings (SSSR count). The molecule has 2 aliphatic rings. The summed E-state index contributed by atoms with van der Waals surface area (Å²) in [6.45, 7) is 3.87.